The number of methoxy groups -OCH3 is 1. The van der Waals surface area contributed by atoms with E-state index in [4.69, 9.17) is 9.84 Å². The van der Waals surface area contributed by atoms with Gasteiger partial charge in [0.25, 0.3) is 5.91 Å². The summed E-state index contributed by atoms with van der Waals surface area (Å²) in [7, 11) is 1.58. The summed E-state index contributed by atoms with van der Waals surface area (Å²) in [5.41, 5.74) is 2.73. The largest absolute Gasteiger partial charge is 0.497 e. The molecule has 0 radical (unpaired) electrons. The number of halogens is 1. The van der Waals surface area contributed by atoms with Crippen LogP contribution < -0.4 is 15.0 Å². The number of amides is 2. The van der Waals surface area contributed by atoms with Gasteiger partial charge in [0.2, 0.25) is 5.91 Å². The van der Waals surface area contributed by atoms with Gasteiger partial charge in [-0.25, -0.2) is 9.07 Å². The Bertz CT molecular complexity index is 1730. The highest BCUT2D eigenvalue weighted by Crippen LogP contribution is 2.36. The van der Waals surface area contributed by atoms with E-state index in [0.29, 0.717) is 21.9 Å². The molecule has 2 amide bonds. The summed E-state index contributed by atoms with van der Waals surface area (Å²) in [6.07, 6.45) is 5.06. The van der Waals surface area contributed by atoms with Crippen LogP contribution in [0.2, 0.25) is 0 Å². The van der Waals surface area contributed by atoms with Crippen LogP contribution in [0, 0.1) is 12.7 Å². The predicted octanol–water partition coefficient (Wildman–Crippen LogP) is 7.38. The summed E-state index contributed by atoms with van der Waals surface area (Å²) in [5.74, 6) is -0.418. The summed E-state index contributed by atoms with van der Waals surface area (Å²) in [4.78, 5) is 31.5. The molecule has 7 nitrogen and oxygen atoms in total. The third kappa shape index (κ3) is 5.90. The van der Waals surface area contributed by atoms with Crippen LogP contribution in [0.25, 0.3) is 15.9 Å². The van der Waals surface area contributed by atoms with E-state index in [9.17, 15) is 14.0 Å². The molecule has 0 aliphatic heterocycles. The quantitative estimate of drug-likeness (QED) is 0.203. The molecule has 3 aromatic carbocycles. The third-order valence-electron chi connectivity index (χ3n) is 7.97. The molecule has 0 spiro atoms. The number of anilines is 1. The molecule has 6 rings (SSSR count). The number of aromatic nitrogens is 2. The van der Waals surface area contributed by atoms with Crippen LogP contribution in [-0.4, -0.2) is 34.7 Å². The highest BCUT2D eigenvalue weighted by molar-refractivity contribution is 7.20. The lowest BCUT2D eigenvalue weighted by Crippen LogP contribution is -2.47. The van der Waals surface area contributed by atoms with E-state index in [1.807, 2.05) is 48.0 Å². The maximum atomic E-state index is 14.6. The van der Waals surface area contributed by atoms with Gasteiger partial charge in [-0.3, -0.25) is 14.5 Å². The number of thiophene rings is 1. The molecule has 9 heteroatoms. The van der Waals surface area contributed by atoms with E-state index in [2.05, 4.69) is 5.32 Å². The molecule has 1 N–H and O–H groups in total. The topological polar surface area (TPSA) is 76.5 Å². The van der Waals surface area contributed by atoms with Gasteiger partial charge in [-0.15, -0.1) is 11.3 Å². The Hall–Kier alpha value is -4.50. The zero-order valence-corrected chi connectivity index (χ0v) is 24.9. The summed E-state index contributed by atoms with van der Waals surface area (Å²) in [5, 5.41) is 8.80. The van der Waals surface area contributed by atoms with Crippen molar-refractivity contribution < 1.29 is 18.7 Å². The van der Waals surface area contributed by atoms with Crippen LogP contribution in [0.5, 0.6) is 5.75 Å². The molecule has 0 bridgehead atoms. The van der Waals surface area contributed by atoms with Crippen LogP contribution in [0.4, 0.5) is 10.1 Å². The van der Waals surface area contributed by atoms with Gasteiger partial charge in [0.15, 0.2) is 0 Å². The van der Waals surface area contributed by atoms with Crippen molar-refractivity contribution in [2.24, 2.45) is 0 Å². The summed E-state index contributed by atoms with van der Waals surface area (Å²) in [6.45, 7) is 1.91. The standard InChI is InChI=1S/C34H33FN4O3S/c1-22-29-21-30(43-34(29)39(37-22)27-11-7-4-8-12-27)33(41)38(26-17-15-24(35)16-18-26)31(23-13-19-28(42-2)20-14-23)32(40)36-25-9-5-3-6-10-25/h4,7-8,11-21,25,31H,3,5-6,9-10H2,1-2H3,(H,36,40)/t31-/m1/s1. The average Bonchev–Trinajstić information content (AvgIpc) is 3.61. The lowest BCUT2D eigenvalue weighted by molar-refractivity contribution is -0.123. The van der Waals surface area contributed by atoms with Gasteiger partial charge >= 0.3 is 0 Å². The monoisotopic (exact) mass is 596 g/mol. The normalized spacial score (nSPS) is 14.4. The number of hydrogen-bond acceptors (Lipinski definition) is 5. The first kappa shape index (κ1) is 28.6. The molecule has 2 heterocycles. The van der Waals surface area contributed by atoms with Crippen LogP contribution in [0.1, 0.15) is 59.1 Å². The molecule has 43 heavy (non-hydrogen) atoms. The number of hydrogen-bond donors (Lipinski definition) is 1. The zero-order valence-electron chi connectivity index (χ0n) is 24.1. The number of carbonyl (C=O) groups is 2. The van der Waals surface area contributed by atoms with E-state index in [1.54, 1.807) is 43.5 Å². The molecule has 0 unspecified atom stereocenters. The number of carbonyl (C=O) groups excluding carboxylic acids is 2. The first-order valence-electron chi connectivity index (χ1n) is 14.5. The average molecular weight is 597 g/mol. The number of benzene rings is 3. The van der Waals surface area contributed by atoms with Crippen LogP contribution >= 0.6 is 11.3 Å². The molecule has 1 aliphatic rings. The first-order valence-corrected chi connectivity index (χ1v) is 15.3. The fourth-order valence-electron chi connectivity index (χ4n) is 5.73. The fourth-order valence-corrected chi connectivity index (χ4v) is 6.85. The summed E-state index contributed by atoms with van der Waals surface area (Å²) >= 11 is 1.32. The van der Waals surface area contributed by atoms with Crippen LogP contribution in [-0.2, 0) is 4.79 Å². The Morgan fingerprint density at radius 1 is 1.00 bits per heavy atom. The van der Waals surface area contributed by atoms with Gasteiger partial charge in [0.05, 0.1) is 23.4 Å². The molecule has 0 saturated heterocycles. The number of fused-ring (bicyclic) bond motifs is 1. The second-order valence-corrected chi connectivity index (χ2v) is 11.9. The maximum absolute atomic E-state index is 14.6. The second-order valence-electron chi connectivity index (χ2n) is 10.8. The highest BCUT2D eigenvalue weighted by atomic mass is 32.1. The van der Waals surface area contributed by atoms with Gasteiger partial charge in [-0.1, -0.05) is 49.6 Å². The molecule has 1 atom stereocenters. The summed E-state index contributed by atoms with van der Waals surface area (Å²) < 4.78 is 21.3. The Morgan fingerprint density at radius 2 is 1.70 bits per heavy atom. The second kappa shape index (κ2) is 12.4. The maximum Gasteiger partial charge on any atom is 0.269 e. The van der Waals surface area contributed by atoms with E-state index >= 15 is 0 Å². The highest BCUT2D eigenvalue weighted by Gasteiger charge is 2.36. The van der Waals surface area contributed by atoms with Gasteiger partial charge in [-0.05, 0) is 79.9 Å². The van der Waals surface area contributed by atoms with Crippen molar-refractivity contribution >= 4 is 39.1 Å². The third-order valence-corrected chi connectivity index (χ3v) is 9.07. The number of aryl methyl sites for hydroxylation is 1. The number of nitrogens with zero attached hydrogens (tertiary/aromatic N) is 3. The van der Waals surface area contributed by atoms with Gasteiger partial charge < -0.3 is 10.1 Å². The zero-order chi connectivity index (χ0) is 29.9. The van der Waals surface area contributed by atoms with Crippen molar-refractivity contribution in [1.29, 1.82) is 0 Å². The number of ether oxygens (including phenoxy) is 1. The smallest absolute Gasteiger partial charge is 0.269 e. The molecule has 1 saturated carbocycles. The van der Waals surface area contributed by atoms with Crippen LogP contribution in [0.3, 0.4) is 0 Å². The molecular formula is C34H33FN4O3S. The van der Waals surface area contributed by atoms with Crippen molar-refractivity contribution in [3.8, 4) is 11.4 Å². The van der Waals surface area contributed by atoms with Crippen molar-refractivity contribution in [1.82, 2.24) is 15.1 Å². The minimum Gasteiger partial charge on any atom is -0.497 e. The Kier molecular flexibility index (Phi) is 8.24. The van der Waals surface area contributed by atoms with E-state index in [-0.39, 0.29) is 17.9 Å². The van der Waals surface area contributed by atoms with Crippen molar-refractivity contribution in [3.05, 3.63) is 107 Å². The molecule has 5 aromatic rings. The molecular weight excluding hydrogens is 563 g/mol. The van der Waals surface area contributed by atoms with Crippen molar-refractivity contribution in [2.75, 3.05) is 12.0 Å². The predicted molar refractivity (Wildman–Crippen MR) is 168 cm³/mol. The first-order chi connectivity index (χ1) is 20.9. The minimum atomic E-state index is -0.997. The SMILES string of the molecule is COc1ccc([C@H](C(=O)NC2CCCCC2)N(C(=O)c2cc3c(C)nn(-c4ccccc4)c3s2)c2ccc(F)cc2)cc1. The lowest BCUT2D eigenvalue weighted by atomic mass is 9.94. The molecule has 2 aromatic heterocycles. The van der Waals surface area contributed by atoms with E-state index in [1.165, 1.54) is 28.4 Å². The summed E-state index contributed by atoms with van der Waals surface area (Å²) in [6, 6.07) is 23.5. The molecule has 1 aliphatic carbocycles. The molecule has 220 valence electrons. The fraction of sp³-hybridized carbons (Fsp3) is 0.265. The van der Waals surface area contributed by atoms with E-state index in [0.717, 1.165) is 53.7 Å². The van der Waals surface area contributed by atoms with Crippen LogP contribution in [0.15, 0.2) is 84.9 Å². The van der Waals surface area contributed by atoms with Crippen molar-refractivity contribution in [3.63, 3.8) is 0 Å². The Labute approximate surface area is 253 Å². The minimum absolute atomic E-state index is 0.0380. The van der Waals surface area contributed by atoms with Gasteiger partial charge in [-0.2, -0.15) is 5.10 Å². The Morgan fingerprint density at radius 3 is 2.37 bits per heavy atom. The van der Waals surface area contributed by atoms with Crippen molar-refractivity contribution in [2.45, 2.75) is 51.1 Å². The number of para-hydroxylation sites is 1. The Balaban J connectivity index is 1.46. The lowest BCUT2D eigenvalue weighted by Gasteiger charge is -2.33. The van der Waals surface area contributed by atoms with Gasteiger partial charge in [0, 0.05) is 17.1 Å². The number of rotatable bonds is 8. The van der Waals surface area contributed by atoms with E-state index < -0.39 is 11.9 Å². The molecule has 1 fully saturated rings. The van der Waals surface area contributed by atoms with Gasteiger partial charge in [0.1, 0.15) is 22.4 Å². The number of nitrogens with one attached hydrogen (secondary N) is 1.